The zero-order valence-electron chi connectivity index (χ0n) is 9.03. The zero-order valence-corrected chi connectivity index (χ0v) is 9.03. The molecule has 0 fully saturated rings. The van der Waals surface area contributed by atoms with E-state index < -0.39 is 0 Å². The van der Waals surface area contributed by atoms with Crippen LogP contribution in [0.25, 0.3) is 0 Å². The van der Waals surface area contributed by atoms with Crippen LogP contribution in [0.15, 0.2) is 24.3 Å². The van der Waals surface area contributed by atoms with Crippen molar-refractivity contribution in [3.8, 4) is 0 Å². The van der Waals surface area contributed by atoms with Gasteiger partial charge in [0.15, 0.2) is 0 Å². The Hall–Kier alpha value is -1.31. The van der Waals surface area contributed by atoms with E-state index in [4.69, 9.17) is 4.74 Å². The second-order valence-corrected chi connectivity index (χ2v) is 3.96. The van der Waals surface area contributed by atoms with E-state index in [-0.39, 0.29) is 11.9 Å². The maximum absolute atomic E-state index is 11.7. The van der Waals surface area contributed by atoms with Crippen LogP contribution in [-0.4, -0.2) is 12.6 Å². The number of aryl methyl sites for hydroxylation is 1. The van der Waals surface area contributed by atoms with Crippen LogP contribution in [0.2, 0.25) is 0 Å². The largest absolute Gasteiger partial charge is 0.465 e. The molecule has 1 aromatic rings. The summed E-state index contributed by atoms with van der Waals surface area (Å²) in [6, 6.07) is 8.16. The molecule has 0 heterocycles. The van der Waals surface area contributed by atoms with Crippen LogP contribution in [0.5, 0.6) is 0 Å². The molecule has 15 heavy (non-hydrogen) atoms. The summed E-state index contributed by atoms with van der Waals surface area (Å²) in [5, 5.41) is 0. The van der Waals surface area contributed by atoms with Gasteiger partial charge in [-0.25, -0.2) is 0 Å². The molecule has 2 rings (SSSR count). The van der Waals surface area contributed by atoms with Crippen LogP contribution in [0, 0.1) is 0 Å². The molecule has 2 nitrogen and oxygen atoms in total. The molecular weight excluding hydrogens is 188 g/mol. The van der Waals surface area contributed by atoms with E-state index in [0.717, 1.165) is 19.3 Å². The van der Waals surface area contributed by atoms with Crippen molar-refractivity contribution in [3.63, 3.8) is 0 Å². The third-order valence-corrected chi connectivity index (χ3v) is 2.87. The lowest BCUT2D eigenvalue weighted by molar-refractivity contribution is -0.145. The SMILES string of the molecule is CCCOC(=O)C1CCc2ccccc21. The number of hydrogen-bond acceptors (Lipinski definition) is 2. The minimum Gasteiger partial charge on any atom is -0.465 e. The first-order valence-corrected chi connectivity index (χ1v) is 5.57. The topological polar surface area (TPSA) is 26.3 Å². The maximum Gasteiger partial charge on any atom is 0.313 e. The summed E-state index contributed by atoms with van der Waals surface area (Å²) in [4.78, 5) is 11.7. The predicted octanol–water partition coefficient (Wildman–Crippen LogP) is 2.67. The van der Waals surface area contributed by atoms with Crippen LogP contribution in [0.1, 0.15) is 36.8 Å². The Morgan fingerprint density at radius 2 is 2.27 bits per heavy atom. The molecule has 1 unspecified atom stereocenters. The maximum atomic E-state index is 11.7. The van der Waals surface area contributed by atoms with Gasteiger partial charge >= 0.3 is 5.97 Å². The highest BCUT2D eigenvalue weighted by molar-refractivity contribution is 5.79. The van der Waals surface area contributed by atoms with Crippen molar-refractivity contribution in [1.82, 2.24) is 0 Å². The van der Waals surface area contributed by atoms with Crippen LogP contribution in [-0.2, 0) is 16.0 Å². The summed E-state index contributed by atoms with van der Waals surface area (Å²) in [5.41, 5.74) is 2.47. The van der Waals surface area contributed by atoms with Gasteiger partial charge in [0.25, 0.3) is 0 Å². The first-order valence-electron chi connectivity index (χ1n) is 5.57. The fourth-order valence-electron chi connectivity index (χ4n) is 2.11. The lowest BCUT2D eigenvalue weighted by Gasteiger charge is -2.10. The fraction of sp³-hybridized carbons (Fsp3) is 0.462. The standard InChI is InChI=1S/C13H16O2/c1-2-9-15-13(14)12-8-7-10-5-3-4-6-11(10)12/h3-6,12H,2,7-9H2,1H3. The van der Waals surface area contributed by atoms with Gasteiger partial charge in [0.1, 0.15) is 0 Å². The van der Waals surface area contributed by atoms with Gasteiger partial charge in [-0.3, -0.25) is 4.79 Å². The van der Waals surface area contributed by atoms with E-state index in [9.17, 15) is 4.79 Å². The van der Waals surface area contributed by atoms with Gasteiger partial charge in [-0.05, 0) is 30.4 Å². The molecule has 0 aliphatic heterocycles. The smallest absolute Gasteiger partial charge is 0.313 e. The van der Waals surface area contributed by atoms with Gasteiger partial charge in [-0.2, -0.15) is 0 Å². The number of carbonyl (C=O) groups excluding carboxylic acids is 1. The zero-order chi connectivity index (χ0) is 10.7. The molecule has 1 aliphatic carbocycles. The van der Waals surface area contributed by atoms with E-state index in [1.807, 2.05) is 25.1 Å². The van der Waals surface area contributed by atoms with Gasteiger partial charge in [-0.15, -0.1) is 0 Å². The van der Waals surface area contributed by atoms with Crippen molar-refractivity contribution >= 4 is 5.97 Å². The van der Waals surface area contributed by atoms with E-state index in [1.165, 1.54) is 11.1 Å². The molecule has 0 N–H and O–H groups in total. The number of rotatable bonds is 3. The van der Waals surface area contributed by atoms with Gasteiger partial charge in [0.2, 0.25) is 0 Å². The van der Waals surface area contributed by atoms with E-state index in [1.54, 1.807) is 0 Å². The minimum absolute atomic E-state index is 0.0206. The van der Waals surface area contributed by atoms with Gasteiger partial charge in [0.05, 0.1) is 12.5 Å². The lowest BCUT2D eigenvalue weighted by atomic mass is 10.0. The first-order chi connectivity index (χ1) is 7.33. The molecule has 1 aliphatic rings. The number of hydrogen-bond donors (Lipinski definition) is 0. The molecule has 80 valence electrons. The van der Waals surface area contributed by atoms with Crippen LogP contribution >= 0.6 is 0 Å². The normalized spacial score (nSPS) is 18.6. The van der Waals surface area contributed by atoms with Crippen molar-refractivity contribution < 1.29 is 9.53 Å². The Labute approximate surface area is 90.3 Å². The van der Waals surface area contributed by atoms with Crippen molar-refractivity contribution in [1.29, 1.82) is 0 Å². The Morgan fingerprint density at radius 3 is 3.07 bits per heavy atom. The third kappa shape index (κ3) is 2.04. The first kappa shape index (κ1) is 10.2. The summed E-state index contributed by atoms with van der Waals surface area (Å²) in [6.45, 7) is 2.55. The van der Waals surface area contributed by atoms with E-state index in [2.05, 4.69) is 6.07 Å². The molecule has 0 saturated carbocycles. The fourth-order valence-corrected chi connectivity index (χ4v) is 2.11. The predicted molar refractivity (Wildman–Crippen MR) is 58.8 cm³/mol. The molecule has 1 atom stereocenters. The molecule has 2 heteroatoms. The Balaban J connectivity index is 2.10. The minimum atomic E-state index is -0.0539. The summed E-state index contributed by atoms with van der Waals surface area (Å²) >= 11 is 0. The lowest BCUT2D eigenvalue weighted by Crippen LogP contribution is -2.14. The highest BCUT2D eigenvalue weighted by Gasteiger charge is 2.29. The van der Waals surface area contributed by atoms with E-state index >= 15 is 0 Å². The number of carbonyl (C=O) groups is 1. The second-order valence-electron chi connectivity index (χ2n) is 3.96. The monoisotopic (exact) mass is 204 g/mol. The molecule has 0 saturated heterocycles. The average Bonchev–Trinajstić information content (AvgIpc) is 2.69. The van der Waals surface area contributed by atoms with Crippen LogP contribution < -0.4 is 0 Å². The quantitative estimate of drug-likeness (QED) is 0.707. The van der Waals surface area contributed by atoms with Crippen molar-refractivity contribution in [2.75, 3.05) is 6.61 Å². The van der Waals surface area contributed by atoms with Crippen molar-refractivity contribution in [2.24, 2.45) is 0 Å². The van der Waals surface area contributed by atoms with E-state index in [0.29, 0.717) is 6.61 Å². The van der Waals surface area contributed by atoms with Crippen LogP contribution in [0.4, 0.5) is 0 Å². The molecule has 0 radical (unpaired) electrons. The Kier molecular flexibility index (Phi) is 3.05. The molecule has 0 spiro atoms. The molecule has 0 amide bonds. The molecule has 0 bridgehead atoms. The van der Waals surface area contributed by atoms with Crippen LogP contribution in [0.3, 0.4) is 0 Å². The van der Waals surface area contributed by atoms with Gasteiger partial charge in [0, 0.05) is 0 Å². The second kappa shape index (κ2) is 4.47. The Morgan fingerprint density at radius 1 is 1.47 bits per heavy atom. The summed E-state index contributed by atoms with van der Waals surface area (Å²) in [7, 11) is 0. The van der Waals surface area contributed by atoms with Gasteiger partial charge < -0.3 is 4.74 Å². The third-order valence-electron chi connectivity index (χ3n) is 2.87. The number of fused-ring (bicyclic) bond motifs is 1. The summed E-state index contributed by atoms with van der Waals surface area (Å²) in [5.74, 6) is -0.0745. The molecule has 1 aromatic carbocycles. The highest BCUT2D eigenvalue weighted by Crippen LogP contribution is 2.33. The molecular formula is C13H16O2. The number of esters is 1. The Bertz CT molecular complexity index is 357. The van der Waals surface area contributed by atoms with Crippen molar-refractivity contribution in [2.45, 2.75) is 32.1 Å². The summed E-state index contributed by atoms with van der Waals surface area (Å²) < 4.78 is 5.19. The van der Waals surface area contributed by atoms with Gasteiger partial charge in [-0.1, -0.05) is 31.2 Å². The van der Waals surface area contributed by atoms with Crippen molar-refractivity contribution in [3.05, 3.63) is 35.4 Å². The summed E-state index contributed by atoms with van der Waals surface area (Å²) in [6.07, 6.45) is 2.80. The number of ether oxygens (including phenoxy) is 1. The number of benzene rings is 1. The average molecular weight is 204 g/mol. The highest BCUT2D eigenvalue weighted by atomic mass is 16.5. The molecule has 0 aromatic heterocycles.